The topological polar surface area (TPSA) is 4.93 Å². The number of rotatable bonds is 0. The summed E-state index contributed by atoms with van der Waals surface area (Å²) in [7, 11) is 0. The van der Waals surface area contributed by atoms with E-state index in [1.165, 1.54) is 87.7 Å². The average Bonchev–Trinajstić information content (AvgIpc) is 3.30. The predicted molar refractivity (Wildman–Crippen MR) is 183 cm³/mol. The Morgan fingerprint density at radius 1 is 0.548 bits per heavy atom. The molecule has 2 aliphatic heterocycles. The van der Waals surface area contributed by atoms with E-state index >= 15 is 0 Å². The van der Waals surface area contributed by atoms with Gasteiger partial charge in [-0.1, -0.05) is 120 Å². The first-order valence-corrected chi connectivity index (χ1v) is 15.3. The van der Waals surface area contributed by atoms with Crippen LogP contribution in [0, 0.1) is 0 Å². The number of fused-ring (bicyclic) bond motifs is 9. The van der Waals surface area contributed by atoms with Gasteiger partial charge in [0.1, 0.15) is 0 Å². The maximum absolute atomic E-state index is 2.58. The van der Waals surface area contributed by atoms with Crippen LogP contribution in [0.5, 0.6) is 0 Å². The molecule has 0 saturated carbocycles. The van der Waals surface area contributed by atoms with Crippen LogP contribution in [0.3, 0.4) is 0 Å². The summed E-state index contributed by atoms with van der Waals surface area (Å²) in [6.07, 6.45) is 0. The summed E-state index contributed by atoms with van der Waals surface area (Å²) in [5, 5.41) is 8.18. The monoisotopic (exact) mass is 539 g/mol. The second-order valence-corrected chi connectivity index (χ2v) is 14.6. The van der Waals surface area contributed by atoms with Crippen molar-refractivity contribution >= 4 is 66.5 Å². The van der Waals surface area contributed by atoms with Crippen molar-refractivity contribution in [2.75, 3.05) is 0 Å². The number of benzene rings is 6. The molecule has 7 aromatic rings. The zero-order valence-electron chi connectivity index (χ0n) is 25.3. The van der Waals surface area contributed by atoms with Crippen LogP contribution >= 0.6 is 0 Å². The van der Waals surface area contributed by atoms with Crippen LogP contribution in [0.2, 0.25) is 0 Å². The molecule has 0 aliphatic carbocycles. The Hall–Kier alpha value is -4.30. The highest BCUT2D eigenvalue weighted by Crippen LogP contribution is 2.42. The molecule has 3 heterocycles. The zero-order chi connectivity index (χ0) is 28.7. The standard InChI is InChI=1S/C40H34BN/c1-39(2,3)24-17-18-34-30(20-24)31-21-25(40(4,5)6)22-33-38(31)42(34)35-16-10-15-29-28-14-9-13-27-26-12-8-7-11-23(26)19-32(36(27)28)41(33)37(29)35/h7-22H,1-6H3. The quantitative estimate of drug-likeness (QED) is 0.135. The zero-order valence-corrected chi connectivity index (χ0v) is 25.3. The van der Waals surface area contributed by atoms with Crippen LogP contribution in [0.1, 0.15) is 52.7 Å². The predicted octanol–water partition coefficient (Wildman–Crippen LogP) is 8.50. The molecule has 2 heteroatoms. The number of hydrogen-bond donors (Lipinski definition) is 0. The molecule has 0 unspecified atom stereocenters. The first-order valence-electron chi connectivity index (χ1n) is 15.3. The summed E-state index contributed by atoms with van der Waals surface area (Å²) in [5.41, 5.74) is 14.0. The van der Waals surface area contributed by atoms with Crippen LogP contribution in [-0.2, 0) is 10.8 Å². The summed E-state index contributed by atoms with van der Waals surface area (Å²) in [4.78, 5) is 0. The summed E-state index contributed by atoms with van der Waals surface area (Å²) >= 11 is 0. The SMILES string of the molecule is CC(C)(C)c1ccc2c(c1)c1cc(C(C)(C)C)cc3c1n2-c1cccc2c1B3c1cc3ccccc3c3cccc-2c13. The molecule has 202 valence electrons. The molecule has 2 aliphatic rings. The van der Waals surface area contributed by atoms with Crippen molar-refractivity contribution in [3.8, 4) is 16.8 Å². The van der Waals surface area contributed by atoms with Crippen molar-refractivity contribution in [1.82, 2.24) is 4.57 Å². The molecule has 0 saturated heterocycles. The van der Waals surface area contributed by atoms with Gasteiger partial charge in [0.15, 0.2) is 0 Å². The normalized spacial score (nSPS) is 13.9. The Bertz CT molecular complexity index is 2320. The van der Waals surface area contributed by atoms with Gasteiger partial charge in [-0.15, -0.1) is 0 Å². The van der Waals surface area contributed by atoms with Gasteiger partial charge in [0.05, 0.1) is 5.52 Å². The minimum absolute atomic E-state index is 0.0336. The molecule has 0 bridgehead atoms. The third kappa shape index (κ3) is 3.00. The van der Waals surface area contributed by atoms with Gasteiger partial charge in [0, 0.05) is 22.0 Å². The molecular weight excluding hydrogens is 505 g/mol. The van der Waals surface area contributed by atoms with Gasteiger partial charge >= 0.3 is 0 Å². The Morgan fingerprint density at radius 2 is 1.26 bits per heavy atom. The third-order valence-electron chi connectivity index (χ3n) is 10.1. The highest BCUT2D eigenvalue weighted by Gasteiger charge is 2.40. The number of hydrogen-bond acceptors (Lipinski definition) is 0. The molecule has 9 rings (SSSR count). The molecule has 0 radical (unpaired) electrons. The van der Waals surface area contributed by atoms with E-state index in [4.69, 9.17) is 0 Å². The highest BCUT2D eigenvalue weighted by molar-refractivity contribution is 7.01. The van der Waals surface area contributed by atoms with E-state index in [0.29, 0.717) is 0 Å². The lowest BCUT2D eigenvalue weighted by molar-refractivity contribution is 0.590. The van der Waals surface area contributed by atoms with E-state index in [1.807, 2.05) is 0 Å². The van der Waals surface area contributed by atoms with Gasteiger partial charge in [0.25, 0.3) is 0 Å². The van der Waals surface area contributed by atoms with Gasteiger partial charge in [-0.25, -0.2) is 0 Å². The number of nitrogens with zero attached hydrogens (tertiary/aromatic N) is 1. The summed E-state index contributed by atoms with van der Waals surface area (Å²) in [6.45, 7) is 14.2. The van der Waals surface area contributed by atoms with Crippen molar-refractivity contribution in [2.45, 2.75) is 52.4 Å². The Kier molecular flexibility index (Phi) is 4.49. The van der Waals surface area contributed by atoms with Crippen LogP contribution in [0.4, 0.5) is 0 Å². The van der Waals surface area contributed by atoms with Crippen LogP contribution in [0.25, 0.3) is 60.2 Å². The minimum Gasteiger partial charge on any atom is -0.310 e. The van der Waals surface area contributed by atoms with E-state index in [1.54, 1.807) is 0 Å². The van der Waals surface area contributed by atoms with Gasteiger partial charge in [-0.3, -0.25) is 0 Å². The largest absolute Gasteiger partial charge is 0.310 e. The van der Waals surface area contributed by atoms with Crippen molar-refractivity contribution in [3.63, 3.8) is 0 Å². The smallest absolute Gasteiger partial charge is 0.248 e. The van der Waals surface area contributed by atoms with Crippen molar-refractivity contribution < 1.29 is 0 Å². The molecule has 1 aromatic heterocycles. The lowest BCUT2D eigenvalue weighted by Crippen LogP contribution is -2.58. The van der Waals surface area contributed by atoms with Crippen molar-refractivity contribution in [2.24, 2.45) is 0 Å². The van der Waals surface area contributed by atoms with Crippen LogP contribution in [-0.4, -0.2) is 11.3 Å². The van der Waals surface area contributed by atoms with Crippen molar-refractivity contribution in [1.29, 1.82) is 0 Å². The first-order chi connectivity index (χ1) is 20.1. The summed E-state index contributed by atoms with van der Waals surface area (Å²) < 4.78 is 2.58. The molecular formula is C40H34BN. The highest BCUT2D eigenvalue weighted by atomic mass is 15.0. The second-order valence-electron chi connectivity index (χ2n) is 14.6. The fourth-order valence-corrected chi connectivity index (χ4v) is 7.96. The number of aromatic nitrogens is 1. The molecule has 0 spiro atoms. The summed E-state index contributed by atoms with van der Waals surface area (Å²) in [5.74, 6) is 0. The third-order valence-corrected chi connectivity index (χ3v) is 10.1. The summed E-state index contributed by atoms with van der Waals surface area (Å²) in [6, 6.07) is 37.5. The molecule has 6 aromatic carbocycles. The lowest BCUT2D eigenvalue weighted by Gasteiger charge is -2.35. The lowest BCUT2D eigenvalue weighted by atomic mass is 9.32. The molecule has 0 fully saturated rings. The van der Waals surface area contributed by atoms with E-state index in [0.717, 1.165) is 0 Å². The van der Waals surface area contributed by atoms with Crippen molar-refractivity contribution in [3.05, 3.63) is 108 Å². The fourth-order valence-electron chi connectivity index (χ4n) is 7.96. The van der Waals surface area contributed by atoms with Crippen LogP contribution in [0.15, 0.2) is 97.1 Å². The second kappa shape index (κ2) is 7.75. The Balaban J connectivity index is 1.52. The van der Waals surface area contributed by atoms with Gasteiger partial charge in [-0.2, -0.15) is 0 Å². The van der Waals surface area contributed by atoms with Gasteiger partial charge < -0.3 is 4.57 Å². The van der Waals surface area contributed by atoms with Gasteiger partial charge in [0.2, 0.25) is 6.71 Å². The van der Waals surface area contributed by atoms with Gasteiger partial charge in [-0.05, 0) is 89.8 Å². The molecule has 0 amide bonds. The molecule has 0 N–H and O–H groups in total. The maximum Gasteiger partial charge on any atom is 0.248 e. The van der Waals surface area contributed by atoms with E-state index in [9.17, 15) is 0 Å². The van der Waals surface area contributed by atoms with E-state index in [-0.39, 0.29) is 17.5 Å². The molecule has 0 atom stereocenters. The fraction of sp³-hybridized carbons (Fsp3) is 0.200. The maximum atomic E-state index is 2.58. The molecule has 42 heavy (non-hydrogen) atoms. The first kappa shape index (κ1) is 24.3. The average molecular weight is 540 g/mol. The molecule has 1 nitrogen and oxygen atoms in total. The minimum atomic E-state index is 0.0336. The van der Waals surface area contributed by atoms with E-state index < -0.39 is 0 Å². The Labute approximate surface area is 247 Å². The van der Waals surface area contributed by atoms with E-state index in [2.05, 4.69) is 143 Å². The Morgan fingerprint density at radius 3 is 2.07 bits per heavy atom. The van der Waals surface area contributed by atoms with Crippen LogP contribution < -0.4 is 16.4 Å².